The Morgan fingerprint density at radius 3 is 2.33 bits per heavy atom. The Hall–Kier alpha value is -2.29. The number of halogens is 2. The van der Waals surface area contributed by atoms with Crippen molar-refractivity contribution in [3.8, 4) is 0 Å². The topological polar surface area (TPSA) is 86.8 Å². The zero-order valence-corrected chi connectivity index (χ0v) is 23.4. The summed E-state index contributed by atoms with van der Waals surface area (Å²) in [7, 11) is -3.79. The molecule has 2 aromatic rings. The van der Waals surface area contributed by atoms with E-state index in [2.05, 4.69) is 5.32 Å². The third-order valence-corrected chi connectivity index (χ3v) is 8.24. The first-order valence-electron chi connectivity index (χ1n) is 12.0. The van der Waals surface area contributed by atoms with E-state index < -0.39 is 28.5 Å². The van der Waals surface area contributed by atoms with Crippen LogP contribution in [0.15, 0.2) is 36.4 Å². The van der Waals surface area contributed by atoms with Crippen LogP contribution in [0.25, 0.3) is 0 Å². The van der Waals surface area contributed by atoms with E-state index in [0.717, 1.165) is 47.4 Å². The van der Waals surface area contributed by atoms with E-state index in [0.29, 0.717) is 21.3 Å². The summed E-state index contributed by atoms with van der Waals surface area (Å²) in [5, 5.41) is 3.85. The third-order valence-electron chi connectivity index (χ3n) is 6.52. The highest BCUT2D eigenvalue weighted by atomic mass is 35.5. The van der Waals surface area contributed by atoms with Crippen LogP contribution < -0.4 is 9.62 Å². The van der Waals surface area contributed by atoms with Crippen LogP contribution in [-0.4, -0.2) is 50.0 Å². The van der Waals surface area contributed by atoms with Gasteiger partial charge in [0.2, 0.25) is 21.8 Å². The van der Waals surface area contributed by atoms with Crippen LogP contribution >= 0.6 is 23.2 Å². The maximum atomic E-state index is 13.7. The predicted octanol–water partition coefficient (Wildman–Crippen LogP) is 4.85. The van der Waals surface area contributed by atoms with Crippen molar-refractivity contribution in [2.75, 3.05) is 17.1 Å². The molecule has 1 N–H and O–H groups in total. The van der Waals surface area contributed by atoms with Crippen LogP contribution in [0.4, 0.5) is 5.69 Å². The second-order valence-electron chi connectivity index (χ2n) is 9.48. The number of amides is 2. The molecule has 1 fully saturated rings. The van der Waals surface area contributed by atoms with E-state index in [4.69, 9.17) is 23.2 Å². The quantitative estimate of drug-likeness (QED) is 0.480. The van der Waals surface area contributed by atoms with Gasteiger partial charge in [0.15, 0.2) is 0 Å². The van der Waals surface area contributed by atoms with E-state index in [1.54, 1.807) is 44.2 Å². The van der Waals surface area contributed by atoms with Crippen LogP contribution in [0.3, 0.4) is 0 Å². The molecule has 7 nitrogen and oxygen atoms in total. The molecule has 0 bridgehead atoms. The summed E-state index contributed by atoms with van der Waals surface area (Å²) in [6.07, 6.45) is 4.99. The van der Waals surface area contributed by atoms with E-state index in [1.807, 2.05) is 13.0 Å². The van der Waals surface area contributed by atoms with E-state index in [-0.39, 0.29) is 18.5 Å². The van der Waals surface area contributed by atoms with Crippen LogP contribution in [0.1, 0.15) is 49.3 Å². The molecule has 2 aromatic carbocycles. The summed E-state index contributed by atoms with van der Waals surface area (Å²) in [6, 6.07) is 9.52. The van der Waals surface area contributed by atoms with Crippen molar-refractivity contribution in [3.05, 3.63) is 63.1 Å². The highest BCUT2D eigenvalue weighted by Crippen LogP contribution is 2.26. The number of nitrogens with zero attached hydrogens (tertiary/aromatic N) is 2. The SMILES string of the molecule is Cc1ccc(N(CC(=O)N(Cc2ccc(Cl)cc2Cl)[C@H](C)C(=O)NC2CCCC2)S(C)(=O)=O)c(C)c1. The number of hydrogen-bond donors (Lipinski definition) is 1. The highest BCUT2D eigenvalue weighted by molar-refractivity contribution is 7.92. The second-order valence-corrected chi connectivity index (χ2v) is 12.2. The minimum absolute atomic E-state index is 0.0264. The third kappa shape index (κ3) is 7.14. The fraction of sp³-hybridized carbons (Fsp3) is 0.462. The molecule has 0 heterocycles. The molecule has 10 heteroatoms. The van der Waals surface area contributed by atoms with Gasteiger partial charge in [0, 0.05) is 22.6 Å². The van der Waals surface area contributed by atoms with Gasteiger partial charge in [0.25, 0.3) is 0 Å². The van der Waals surface area contributed by atoms with Crippen molar-refractivity contribution < 1.29 is 18.0 Å². The van der Waals surface area contributed by atoms with Crippen LogP contribution in [-0.2, 0) is 26.2 Å². The number of anilines is 1. The van der Waals surface area contributed by atoms with Crippen LogP contribution in [0.2, 0.25) is 10.0 Å². The summed E-state index contributed by atoms with van der Waals surface area (Å²) in [6.45, 7) is 4.93. The van der Waals surface area contributed by atoms with E-state index in [9.17, 15) is 18.0 Å². The van der Waals surface area contributed by atoms with Gasteiger partial charge in [0.05, 0.1) is 11.9 Å². The number of nitrogens with one attached hydrogen (secondary N) is 1. The van der Waals surface area contributed by atoms with Crippen molar-refractivity contribution in [1.82, 2.24) is 10.2 Å². The van der Waals surface area contributed by atoms with Gasteiger partial charge in [-0.1, -0.05) is 59.8 Å². The van der Waals surface area contributed by atoms with Gasteiger partial charge < -0.3 is 10.2 Å². The van der Waals surface area contributed by atoms with E-state index >= 15 is 0 Å². The number of hydrogen-bond acceptors (Lipinski definition) is 4. The number of sulfonamides is 1. The summed E-state index contributed by atoms with van der Waals surface area (Å²) in [5.74, 6) is -0.793. The normalized spacial score (nSPS) is 14.9. The van der Waals surface area contributed by atoms with Gasteiger partial charge in [-0.2, -0.15) is 0 Å². The largest absolute Gasteiger partial charge is 0.352 e. The first kappa shape index (κ1) is 28.3. The summed E-state index contributed by atoms with van der Waals surface area (Å²) in [5.41, 5.74) is 2.73. The zero-order valence-electron chi connectivity index (χ0n) is 21.1. The van der Waals surface area contributed by atoms with Gasteiger partial charge in [-0.15, -0.1) is 0 Å². The Morgan fingerprint density at radius 1 is 1.08 bits per heavy atom. The lowest BCUT2D eigenvalue weighted by molar-refractivity contribution is -0.139. The van der Waals surface area contributed by atoms with Crippen molar-refractivity contribution >= 4 is 50.7 Å². The summed E-state index contributed by atoms with van der Waals surface area (Å²) >= 11 is 12.4. The molecule has 1 saturated carbocycles. The molecule has 0 spiro atoms. The molecule has 0 saturated heterocycles. The van der Waals surface area contributed by atoms with Crippen LogP contribution in [0, 0.1) is 13.8 Å². The lowest BCUT2D eigenvalue weighted by Crippen LogP contribution is -2.52. The van der Waals surface area contributed by atoms with Gasteiger partial charge in [-0.3, -0.25) is 13.9 Å². The number of carbonyl (C=O) groups is 2. The average molecular weight is 555 g/mol. The Labute approximate surface area is 223 Å². The standard InChI is InChI=1S/C26H33Cl2N3O4S/c1-17-9-12-24(18(2)13-17)31(36(4,34)35)16-25(32)30(15-20-10-11-21(27)14-23(20)28)19(3)26(33)29-22-7-5-6-8-22/h9-14,19,22H,5-8,15-16H2,1-4H3,(H,29,33)/t19-/m1/s1. The molecule has 0 aromatic heterocycles. The Morgan fingerprint density at radius 2 is 1.75 bits per heavy atom. The lowest BCUT2D eigenvalue weighted by atomic mass is 10.1. The molecule has 1 aliphatic rings. The number of rotatable bonds is 9. The molecule has 196 valence electrons. The van der Waals surface area contributed by atoms with Gasteiger partial charge in [-0.25, -0.2) is 8.42 Å². The molecular weight excluding hydrogens is 521 g/mol. The fourth-order valence-electron chi connectivity index (χ4n) is 4.49. The predicted molar refractivity (Wildman–Crippen MR) is 145 cm³/mol. The second kappa shape index (κ2) is 11.8. The number of benzene rings is 2. The molecule has 1 atom stereocenters. The minimum Gasteiger partial charge on any atom is -0.352 e. The Balaban J connectivity index is 1.93. The summed E-state index contributed by atoms with van der Waals surface area (Å²) in [4.78, 5) is 28.2. The van der Waals surface area contributed by atoms with Crippen molar-refractivity contribution in [2.24, 2.45) is 0 Å². The zero-order chi connectivity index (χ0) is 26.6. The fourth-order valence-corrected chi connectivity index (χ4v) is 5.86. The number of aryl methyl sites for hydroxylation is 2. The van der Waals surface area contributed by atoms with Crippen LogP contribution in [0.5, 0.6) is 0 Å². The first-order chi connectivity index (χ1) is 16.9. The average Bonchev–Trinajstić information content (AvgIpc) is 3.29. The first-order valence-corrected chi connectivity index (χ1v) is 14.6. The Kier molecular flexibility index (Phi) is 9.30. The monoisotopic (exact) mass is 553 g/mol. The smallest absolute Gasteiger partial charge is 0.244 e. The maximum absolute atomic E-state index is 13.7. The van der Waals surface area contributed by atoms with Crippen molar-refractivity contribution in [3.63, 3.8) is 0 Å². The van der Waals surface area contributed by atoms with Gasteiger partial charge >= 0.3 is 0 Å². The molecule has 3 rings (SSSR count). The molecule has 0 aliphatic heterocycles. The highest BCUT2D eigenvalue weighted by Gasteiger charge is 2.32. The van der Waals surface area contributed by atoms with Gasteiger partial charge in [-0.05, 0) is 62.9 Å². The van der Waals surface area contributed by atoms with Crippen molar-refractivity contribution in [1.29, 1.82) is 0 Å². The molecule has 0 radical (unpaired) electrons. The molecule has 2 amide bonds. The van der Waals surface area contributed by atoms with Crippen molar-refractivity contribution in [2.45, 2.75) is 65.1 Å². The maximum Gasteiger partial charge on any atom is 0.244 e. The van der Waals surface area contributed by atoms with Gasteiger partial charge in [0.1, 0.15) is 12.6 Å². The number of carbonyl (C=O) groups excluding carboxylic acids is 2. The minimum atomic E-state index is -3.79. The molecular formula is C26H33Cl2N3O4S. The Bertz CT molecular complexity index is 1230. The van der Waals surface area contributed by atoms with E-state index in [1.165, 1.54) is 4.90 Å². The molecule has 1 aliphatic carbocycles. The molecule has 36 heavy (non-hydrogen) atoms. The lowest BCUT2D eigenvalue weighted by Gasteiger charge is -2.32. The summed E-state index contributed by atoms with van der Waals surface area (Å²) < 4.78 is 26.6. The molecule has 0 unspecified atom stereocenters.